The summed E-state index contributed by atoms with van der Waals surface area (Å²) in [4.78, 5) is 13.6. The van der Waals surface area contributed by atoms with E-state index in [1.165, 1.54) is 12.1 Å². The number of alkyl halides is 3. The van der Waals surface area contributed by atoms with Crippen LogP contribution in [0.25, 0.3) is 0 Å². The summed E-state index contributed by atoms with van der Waals surface area (Å²) in [5, 5.41) is 3.38. The second-order valence-corrected chi connectivity index (χ2v) is 6.14. The molecule has 0 aromatic heterocycles. The van der Waals surface area contributed by atoms with Crippen molar-refractivity contribution in [2.45, 2.75) is 45.6 Å². The number of nitrogens with zero attached hydrogens (tertiary/aromatic N) is 1. The first-order valence-corrected chi connectivity index (χ1v) is 8.14. The van der Waals surface area contributed by atoms with Gasteiger partial charge in [0.15, 0.2) is 0 Å². The largest absolute Gasteiger partial charge is 0.573 e. The maximum absolute atomic E-state index is 12.3. The lowest BCUT2D eigenvalue weighted by Gasteiger charge is -2.37. The van der Waals surface area contributed by atoms with Gasteiger partial charge in [0.25, 0.3) is 0 Å². The summed E-state index contributed by atoms with van der Waals surface area (Å²) in [6.07, 6.45) is -3.33. The Hall–Kier alpha value is -1.76. The Labute approximate surface area is 140 Å². The summed E-state index contributed by atoms with van der Waals surface area (Å²) in [6, 6.07) is 6.22. The van der Waals surface area contributed by atoms with Crippen molar-refractivity contribution >= 4 is 5.91 Å². The minimum Gasteiger partial charge on any atom is -0.406 e. The second kappa shape index (κ2) is 7.88. The number of hydrogen-bond acceptors (Lipinski definition) is 3. The van der Waals surface area contributed by atoms with Crippen molar-refractivity contribution in [3.63, 3.8) is 0 Å². The summed E-state index contributed by atoms with van der Waals surface area (Å²) < 4.78 is 40.7. The van der Waals surface area contributed by atoms with Gasteiger partial charge in [0.05, 0.1) is 0 Å². The molecule has 0 unspecified atom stereocenters. The fourth-order valence-electron chi connectivity index (χ4n) is 3.00. The zero-order valence-electron chi connectivity index (χ0n) is 13.9. The smallest absolute Gasteiger partial charge is 0.406 e. The fourth-order valence-corrected chi connectivity index (χ4v) is 3.00. The average molecular weight is 344 g/mol. The molecule has 2 rings (SSSR count). The molecule has 1 aromatic rings. The average Bonchev–Trinajstić information content (AvgIpc) is 2.51. The lowest BCUT2D eigenvalue weighted by molar-refractivity contribution is -0.274. The van der Waals surface area contributed by atoms with E-state index in [2.05, 4.69) is 17.0 Å². The van der Waals surface area contributed by atoms with Gasteiger partial charge in [-0.3, -0.25) is 4.79 Å². The third-order valence-electron chi connectivity index (χ3n) is 4.26. The fraction of sp³-hybridized carbons (Fsp3) is 0.588. The molecule has 134 valence electrons. The number of carbonyl (C=O) groups excluding carboxylic acids is 1. The maximum atomic E-state index is 12.3. The van der Waals surface area contributed by atoms with Crippen LogP contribution in [-0.2, 0) is 11.3 Å². The Morgan fingerprint density at radius 1 is 1.42 bits per heavy atom. The lowest BCUT2D eigenvalue weighted by atomic mass is 9.93. The molecule has 1 N–H and O–H groups in total. The maximum Gasteiger partial charge on any atom is 0.573 e. The number of likely N-dealkylation sites (tertiary alicyclic amines) is 1. The van der Waals surface area contributed by atoms with E-state index >= 15 is 0 Å². The van der Waals surface area contributed by atoms with E-state index in [1.807, 2.05) is 11.8 Å². The molecule has 0 aliphatic carbocycles. The second-order valence-electron chi connectivity index (χ2n) is 6.14. The standard InChI is InChI=1S/C17H23F3N2O2/c1-3-16(23)22-8-7-15(12(2)11-22)21-10-13-5-4-6-14(9-13)24-17(18,19)20/h4-6,9,12,15,21H,3,7-8,10-11H2,1-2H3/t12-,15+/m1/s1. The van der Waals surface area contributed by atoms with Crippen LogP contribution in [0, 0.1) is 5.92 Å². The zero-order valence-corrected chi connectivity index (χ0v) is 13.9. The highest BCUT2D eigenvalue weighted by Gasteiger charge is 2.31. The molecular formula is C17H23F3N2O2. The molecular weight excluding hydrogens is 321 g/mol. The van der Waals surface area contributed by atoms with Crippen molar-refractivity contribution in [3.05, 3.63) is 29.8 Å². The molecule has 1 heterocycles. The normalized spacial score (nSPS) is 21.6. The highest BCUT2D eigenvalue weighted by molar-refractivity contribution is 5.75. The molecule has 2 atom stereocenters. The van der Waals surface area contributed by atoms with E-state index in [9.17, 15) is 18.0 Å². The van der Waals surface area contributed by atoms with Crippen molar-refractivity contribution < 1.29 is 22.7 Å². The van der Waals surface area contributed by atoms with Gasteiger partial charge in [0.1, 0.15) is 5.75 Å². The Morgan fingerprint density at radius 2 is 2.17 bits per heavy atom. The van der Waals surface area contributed by atoms with E-state index in [4.69, 9.17) is 0 Å². The van der Waals surface area contributed by atoms with Gasteiger partial charge in [0, 0.05) is 32.1 Å². The molecule has 1 amide bonds. The molecule has 7 heteroatoms. The molecule has 4 nitrogen and oxygen atoms in total. The molecule has 1 fully saturated rings. The highest BCUT2D eigenvalue weighted by atomic mass is 19.4. The summed E-state index contributed by atoms with van der Waals surface area (Å²) in [5.41, 5.74) is 0.732. The minimum absolute atomic E-state index is 0.164. The Morgan fingerprint density at radius 3 is 2.79 bits per heavy atom. The zero-order chi connectivity index (χ0) is 17.7. The van der Waals surface area contributed by atoms with Crippen molar-refractivity contribution in [3.8, 4) is 5.75 Å². The summed E-state index contributed by atoms with van der Waals surface area (Å²) >= 11 is 0. The predicted molar refractivity (Wildman–Crippen MR) is 84.4 cm³/mol. The molecule has 0 spiro atoms. The summed E-state index contributed by atoms with van der Waals surface area (Å²) in [7, 11) is 0. The van der Waals surface area contributed by atoms with Crippen LogP contribution in [0.5, 0.6) is 5.75 Å². The third-order valence-corrected chi connectivity index (χ3v) is 4.26. The summed E-state index contributed by atoms with van der Waals surface area (Å²) in [5.74, 6) is 0.249. The number of benzene rings is 1. The molecule has 1 aliphatic heterocycles. The van der Waals surface area contributed by atoms with E-state index in [0.717, 1.165) is 12.0 Å². The number of rotatable bonds is 5. The summed E-state index contributed by atoms with van der Waals surface area (Å²) in [6.45, 7) is 5.82. The van der Waals surface area contributed by atoms with Gasteiger partial charge >= 0.3 is 6.36 Å². The van der Waals surface area contributed by atoms with E-state index in [1.54, 1.807) is 12.1 Å². The number of ether oxygens (including phenoxy) is 1. The number of amides is 1. The van der Waals surface area contributed by atoms with Crippen LogP contribution < -0.4 is 10.1 Å². The molecule has 1 saturated heterocycles. The van der Waals surface area contributed by atoms with Gasteiger partial charge in [-0.2, -0.15) is 0 Å². The van der Waals surface area contributed by atoms with Crippen LogP contribution in [-0.4, -0.2) is 36.3 Å². The van der Waals surface area contributed by atoms with E-state index in [0.29, 0.717) is 32.0 Å². The van der Waals surface area contributed by atoms with Crippen LogP contribution in [0.3, 0.4) is 0 Å². The molecule has 0 bridgehead atoms. The molecule has 1 aliphatic rings. The van der Waals surface area contributed by atoms with Crippen molar-refractivity contribution in [2.75, 3.05) is 13.1 Å². The Kier molecular flexibility index (Phi) is 6.10. The molecule has 24 heavy (non-hydrogen) atoms. The van der Waals surface area contributed by atoms with Crippen LogP contribution in [0.1, 0.15) is 32.3 Å². The molecule has 0 saturated carbocycles. The minimum atomic E-state index is -4.68. The van der Waals surface area contributed by atoms with Gasteiger partial charge in [-0.05, 0) is 30.0 Å². The van der Waals surface area contributed by atoms with Crippen molar-refractivity contribution in [2.24, 2.45) is 5.92 Å². The van der Waals surface area contributed by atoms with Crippen LogP contribution >= 0.6 is 0 Å². The number of carbonyl (C=O) groups is 1. The number of hydrogen-bond donors (Lipinski definition) is 1. The SMILES string of the molecule is CCC(=O)N1CC[C@H](NCc2cccc(OC(F)(F)F)c2)[C@H](C)C1. The van der Waals surface area contributed by atoms with Crippen molar-refractivity contribution in [1.29, 1.82) is 0 Å². The monoisotopic (exact) mass is 344 g/mol. The van der Waals surface area contributed by atoms with Crippen LogP contribution in [0.2, 0.25) is 0 Å². The number of nitrogens with one attached hydrogen (secondary N) is 1. The molecule has 0 radical (unpaired) electrons. The first kappa shape index (κ1) is 18.6. The topological polar surface area (TPSA) is 41.6 Å². The Bertz CT molecular complexity index is 563. The predicted octanol–water partition coefficient (Wildman–Crippen LogP) is 3.32. The van der Waals surface area contributed by atoms with Gasteiger partial charge in [-0.15, -0.1) is 13.2 Å². The van der Waals surface area contributed by atoms with Gasteiger partial charge < -0.3 is 15.0 Å². The molecule has 1 aromatic carbocycles. The van der Waals surface area contributed by atoms with Crippen LogP contribution in [0.4, 0.5) is 13.2 Å². The Balaban J connectivity index is 1.88. The van der Waals surface area contributed by atoms with E-state index in [-0.39, 0.29) is 17.7 Å². The van der Waals surface area contributed by atoms with Gasteiger partial charge in [-0.25, -0.2) is 0 Å². The number of piperidine rings is 1. The quantitative estimate of drug-likeness (QED) is 0.891. The van der Waals surface area contributed by atoms with Gasteiger partial charge in [-0.1, -0.05) is 26.0 Å². The number of halogens is 3. The first-order chi connectivity index (χ1) is 11.3. The van der Waals surface area contributed by atoms with Gasteiger partial charge in [0.2, 0.25) is 5.91 Å². The highest BCUT2D eigenvalue weighted by Crippen LogP contribution is 2.24. The first-order valence-electron chi connectivity index (χ1n) is 8.14. The van der Waals surface area contributed by atoms with Crippen molar-refractivity contribution in [1.82, 2.24) is 10.2 Å². The van der Waals surface area contributed by atoms with Crippen LogP contribution in [0.15, 0.2) is 24.3 Å². The van der Waals surface area contributed by atoms with E-state index < -0.39 is 6.36 Å². The lowest BCUT2D eigenvalue weighted by Crippen LogP contribution is -2.49. The third kappa shape index (κ3) is 5.40.